The van der Waals surface area contributed by atoms with Crippen LogP contribution in [0.15, 0.2) is 54.9 Å². The highest BCUT2D eigenvalue weighted by atomic mass is 19.1. The third kappa shape index (κ3) is 4.30. The number of amides is 1. The van der Waals surface area contributed by atoms with Gasteiger partial charge < -0.3 is 10.6 Å². The number of hydrogen-bond donors (Lipinski definition) is 2. The van der Waals surface area contributed by atoms with Crippen LogP contribution >= 0.6 is 0 Å². The van der Waals surface area contributed by atoms with Crippen molar-refractivity contribution in [3.8, 4) is 0 Å². The number of carbonyl (C=O) groups excluding carboxylic acids is 2. The van der Waals surface area contributed by atoms with Gasteiger partial charge in [0.15, 0.2) is 5.78 Å². The Morgan fingerprint density at radius 2 is 1.67 bits per heavy atom. The predicted octanol–water partition coefficient (Wildman–Crippen LogP) is 3.95. The Hall–Kier alpha value is -3.68. The zero-order chi connectivity index (χ0) is 19.4. The summed E-state index contributed by atoms with van der Waals surface area (Å²) in [5, 5.41) is 5.11. The van der Waals surface area contributed by atoms with Crippen molar-refractivity contribution in [1.82, 2.24) is 9.97 Å². The van der Waals surface area contributed by atoms with E-state index in [9.17, 15) is 18.4 Å². The van der Waals surface area contributed by atoms with Gasteiger partial charge in [0.1, 0.15) is 35.2 Å². The molecule has 0 saturated carbocycles. The molecule has 136 valence electrons. The first-order chi connectivity index (χ1) is 12.9. The van der Waals surface area contributed by atoms with Gasteiger partial charge in [0.2, 0.25) is 0 Å². The molecule has 0 bridgehead atoms. The van der Waals surface area contributed by atoms with E-state index in [0.717, 1.165) is 18.5 Å². The average molecular weight is 368 g/mol. The first-order valence-electron chi connectivity index (χ1n) is 7.89. The molecule has 27 heavy (non-hydrogen) atoms. The molecule has 1 amide bonds. The van der Waals surface area contributed by atoms with E-state index >= 15 is 0 Å². The van der Waals surface area contributed by atoms with Crippen LogP contribution in [0.4, 0.5) is 26.0 Å². The molecule has 2 aromatic carbocycles. The molecule has 0 aliphatic carbocycles. The van der Waals surface area contributed by atoms with Gasteiger partial charge in [-0.05, 0) is 31.2 Å². The summed E-state index contributed by atoms with van der Waals surface area (Å²) in [6.45, 7) is 1.45. The number of Topliss-reactive ketones (excluding diaryl/α,β-unsaturated/α-hetero) is 1. The Bertz CT molecular complexity index is 1000. The summed E-state index contributed by atoms with van der Waals surface area (Å²) in [5.41, 5.74) is 0.470. The molecule has 3 rings (SSSR count). The number of carbonyl (C=O) groups is 2. The van der Waals surface area contributed by atoms with Gasteiger partial charge in [-0.1, -0.05) is 18.2 Å². The summed E-state index contributed by atoms with van der Waals surface area (Å²) in [5.74, 6) is -2.38. The second-order valence-electron chi connectivity index (χ2n) is 5.60. The molecule has 0 aliphatic heterocycles. The Kier molecular flexibility index (Phi) is 5.16. The zero-order valence-corrected chi connectivity index (χ0v) is 14.2. The van der Waals surface area contributed by atoms with Crippen LogP contribution in [0.3, 0.4) is 0 Å². The van der Waals surface area contributed by atoms with Gasteiger partial charge in [-0.15, -0.1) is 0 Å². The molecule has 0 radical (unpaired) electrons. The van der Waals surface area contributed by atoms with Gasteiger partial charge >= 0.3 is 0 Å². The first-order valence-corrected chi connectivity index (χ1v) is 7.89. The fourth-order valence-electron chi connectivity index (χ4n) is 2.31. The van der Waals surface area contributed by atoms with Crippen LogP contribution in [0.25, 0.3) is 0 Å². The number of aromatic nitrogens is 2. The average Bonchev–Trinajstić information content (AvgIpc) is 2.65. The van der Waals surface area contributed by atoms with Gasteiger partial charge in [0.05, 0.1) is 0 Å². The molecular formula is C19H14F2N4O2. The summed E-state index contributed by atoms with van der Waals surface area (Å²) in [7, 11) is 0. The number of nitrogens with zero attached hydrogens (tertiary/aromatic N) is 2. The topological polar surface area (TPSA) is 84.0 Å². The van der Waals surface area contributed by atoms with Gasteiger partial charge in [0.25, 0.3) is 5.91 Å². The molecule has 1 aromatic heterocycles. The van der Waals surface area contributed by atoms with Crippen molar-refractivity contribution < 1.29 is 18.4 Å². The van der Waals surface area contributed by atoms with E-state index in [1.807, 2.05) is 0 Å². The number of anilines is 3. The van der Waals surface area contributed by atoms with Crippen LogP contribution in [0.1, 0.15) is 27.8 Å². The van der Waals surface area contributed by atoms with Crippen LogP contribution in [0.2, 0.25) is 0 Å². The summed E-state index contributed by atoms with van der Waals surface area (Å²) < 4.78 is 27.3. The van der Waals surface area contributed by atoms with Crippen molar-refractivity contribution in [3.63, 3.8) is 0 Å². The molecule has 0 spiro atoms. The third-order valence-electron chi connectivity index (χ3n) is 3.64. The molecule has 0 atom stereocenters. The molecule has 0 unspecified atom stereocenters. The van der Waals surface area contributed by atoms with Crippen molar-refractivity contribution >= 4 is 28.9 Å². The second-order valence-corrected chi connectivity index (χ2v) is 5.60. The van der Waals surface area contributed by atoms with Crippen molar-refractivity contribution in [2.45, 2.75) is 6.92 Å². The Balaban J connectivity index is 1.80. The van der Waals surface area contributed by atoms with Gasteiger partial charge in [-0.2, -0.15) is 0 Å². The summed E-state index contributed by atoms with van der Waals surface area (Å²) in [4.78, 5) is 31.5. The fourth-order valence-corrected chi connectivity index (χ4v) is 2.31. The van der Waals surface area contributed by atoms with Gasteiger partial charge in [-0.25, -0.2) is 18.7 Å². The number of benzene rings is 2. The van der Waals surface area contributed by atoms with Crippen molar-refractivity contribution in [3.05, 3.63) is 77.8 Å². The predicted molar refractivity (Wildman–Crippen MR) is 96.1 cm³/mol. The lowest BCUT2D eigenvalue weighted by Gasteiger charge is -2.09. The highest BCUT2D eigenvalue weighted by Crippen LogP contribution is 2.20. The normalized spacial score (nSPS) is 10.3. The summed E-state index contributed by atoms with van der Waals surface area (Å²) in [6, 6.07) is 11.3. The fraction of sp³-hybridized carbons (Fsp3) is 0.0526. The Labute approximate surface area is 153 Å². The minimum atomic E-state index is -0.892. The Morgan fingerprint density at radius 1 is 0.963 bits per heavy atom. The highest BCUT2D eigenvalue weighted by Gasteiger charge is 2.15. The largest absolute Gasteiger partial charge is 0.340 e. The molecular weight excluding hydrogens is 354 g/mol. The standard InChI is InChI=1S/C19H14F2N4O2/c1-11(26)12-4-2-5-13(8-12)24-17-9-16(22-10-23-17)19(27)25-18-14(20)6-3-7-15(18)21/h2-10H,1H3,(H,25,27)(H,22,23,24). The van der Waals surface area contributed by atoms with Crippen LogP contribution in [0.5, 0.6) is 0 Å². The van der Waals surface area contributed by atoms with E-state index in [-0.39, 0.29) is 17.3 Å². The lowest BCUT2D eigenvalue weighted by atomic mass is 10.1. The first kappa shape index (κ1) is 18.1. The van der Waals surface area contributed by atoms with Gasteiger partial charge in [0, 0.05) is 17.3 Å². The van der Waals surface area contributed by atoms with Crippen LogP contribution in [-0.2, 0) is 0 Å². The molecule has 6 nitrogen and oxygen atoms in total. The summed E-state index contributed by atoms with van der Waals surface area (Å²) >= 11 is 0. The quantitative estimate of drug-likeness (QED) is 0.666. The maximum atomic E-state index is 13.7. The van der Waals surface area contributed by atoms with E-state index in [0.29, 0.717) is 11.3 Å². The van der Waals surface area contributed by atoms with Crippen molar-refractivity contribution in [2.24, 2.45) is 0 Å². The van der Waals surface area contributed by atoms with E-state index in [4.69, 9.17) is 0 Å². The zero-order valence-electron chi connectivity index (χ0n) is 14.2. The minimum Gasteiger partial charge on any atom is -0.340 e. The van der Waals surface area contributed by atoms with E-state index in [1.165, 1.54) is 19.1 Å². The molecule has 3 aromatic rings. The number of halogens is 2. The van der Waals surface area contributed by atoms with Crippen LogP contribution in [0, 0.1) is 11.6 Å². The maximum Gasteiger partial charge on any atom is 0.274 e. The van der Waals surface area contributed by atoms with Crippen molar-refractivity contribution in [1.29, 1.82) is 0 Å². The SMILES string of the molecule is CC(=O)c1cccc(Nc2cc(C(=O)Nc3c(F)cccc3F)ncn2)c1. The minimum absolute atomic E-state index is 0.0853. The number of para-hydroxylation sites is 1. The number of hydrogen-bond acceptors (Lipinski definition) is 5. The molecule has 0 saturated heterocycles. The molecule has 0 aliphatic rings. The van der Waals surface area contributed by atoms with E-state index < -0.39 is 23.2 Å². The third-order valence-corrected chi connectivity index (χ3v) is 3.64. The van der Waals surface area contributed by atoms with Crippen LogP contribution < -0.4 is 10.6 Å². The molecule has 2 N–H and O–H groups in total. The summed E-state index contributed by atoms with van der Waals surface area (Å²) in [6.07, 6.45) is 1.14. The lowest BCUT2D eigenvalue weighted by Crippen LogP contribution is -2.16. The van der Waals surface area contributed by atoms with E-state index in [2.05, 4.69) is 20.6 Å². The van der Waals surface area contributed by atoms with Crippen LogP contribution in [-0.4, -0.2) is 21.7 Å². The molecule has 8 heteroatoms. The number of nitrogens with one attached hydrogen (secondary N) is 2. The van der Waals surface area contributed by atoms with E-state index in [1.54, 1.807) is 24.3 Å². The maximum absolute atomic E-state index is 13.7. The van der Waals surface area contributed by atoms with Gasteiger partial charge in [-0.3, -0.25) is 9.59 Å². The Morgan fingerprint density at radius 3 is 2.37 bits per heavy atom. The monoisotopic (exact) mass is 368 g/mol. The highest BCUT2D eigenvalue weighted by molar-refractivity contribution is 6.03. The number of ketones is 1. The smallest absolute Gasteiger partial charge is 0.274 e. The molecule has 0 fully saturated rings. The molecule has 1 heterocycles. The lowest BCUT2D eigenvalue weighted by molar-refractivity contribution is 0.101. The number of rotatable bonds is 5. The van der Waals surface area contributed by atoms with Crippen molar-refractivity contribution in [2.75, 3.05) is 10.6 Å². The second kappa shape index (κ2) is 7.69.